The average molecular weight is 293 g/mol. The molecule has 0 heterocycles. The fourth-order valence-corrected chi connectivity index (χ4v) is 2.73. The Hall–Kier alpha value is -0.560. The number of rotatable bonds is 6. The lowest BCUT2D eigenvalue weighted by atomic mass is 10.4. The summed E-state index contributed by atoms with van der Waals surface area (Å²) in [6, 6.07) is 0.162. The van der Waals surface area contributed by atoms with Crippen molar-refractivity contribution in [3.05, 3.63) is 0 Å². The van der Waals surface area contributed by atoms with Crippen LogP contribution in [0.25, 0.3) is 0 Å². The average Bonchev–Trinajstić information content (AvgIpc) is 2.28. The molecule has 106 valence electrons. The first kappa shape index (κ1) is 17.4. The maximum atomic E-state index is 12.0. The summed E-state index contributed by atoms with van der Waals surface area (Å²) in [7, 11) is 0. The molecule has 0 fully saturated rings. The fourth-order valence-electron chi connectivity index (χ4n) is 1.00. The van der Waals surface area contributed by atoms with Crippen molar-refractivity contribution in [2.24, 2.45) is 4.99 Å². The second kappa shape index (κ2) is 10.4. The van der Waals surface area contributed by atoms with Crippen LogP contribution in [0.2, 0.25) is 0 Å². The largest absolute Gasteiger partial charge is 0.465 e. The molecule has 0 bridgehead atoms. The van der Waals surface area contributed by atoms with E-state index in [-0.39, 0.29) is 18.1 Å². The van der Waals surface area contributed by atoms with Crippen molar-refractivity contribution < 1.29 is 9.53 Å². The zero-order chi connectivity index (χ0) is 14.0. The highest BCUT2D eigenvalue weighted by atomic mass is 32.2. The standard InChI is InChI=1S/C11H23N3O2S2/c1-6-16-10(12-9(4)5)13-11(15)14(17-7-2)18-8-3/h9H,6-8H2,1-5H3,(H,12,13,15). The highest BCUT2D eigenvalue weighted by molar-refractivity contribution is 8.12. The predicted molar refractivity (Wildman–Crippen MR) is 80.8 cm³/mol. The second-order valence-electron chi connectivity index (χ2n) is 3.48. The molecule has 7 heteroatoms. The summed E-state index contributed by atoms with van der Waals surface area (Å²) >= 11 is 2.92. The van der Waals surface area contributed by atoms with E-state index >= 15 is 0 Å². The van der Waals surface area contributed by atoms with E-state index in [2.05, 4.69) is 10.3 Å². The van der Waals surface area contributed by atoms with Crippen molar-refractivity contribution in [3.63, 3.8) is 0 Å². The Morgan fingerprint density at radius 1 is 1.28 bits per heavy atom. The van der Waals surface area contributed by atoms with E-state index in [0.29, 0.717) is 6.61 Å². The van der Waals surface area contributed by atoms with Crippen LogP contribution in [0.4, 0.5) is 4.79 Å². The van der Waals surface area contributed by atoms with Gasteiger partial charge in [0, 0.05) is 17.5 Å². The molecule has 0 saturated carbocycles. The number of urea groups is 1. The molecule has 0 saturated heterocycles. The quantitative estimate of drug-likeness (QED) is 0.464. The molecular formula is C11H23N3O2S2. The zero-order valence-electron chi connectivity index (χ0n) is 11.7. The summed E-state index contributed by atoms with van der Waals surface area (Å²) in [4.78, 5) is 16.2. The number of amidine groups is 1. The number of carbonyl (C=O) groups is 1. The van der Waals surface area contributed by atoms with Crippen molar-refractivity contribution in [2.75, 3.05) is 18.1 Å². The van der Waals surface area contributed by atoms with E-state index < -0.39 is 0 Å². The molecule has 0 aromatic carbocycles. The molecule has 0 spiro atoms. The van der Waals surface area contributed by atoms with E-state index in [9.17, 15) is 4.79 Å². The number of hydrogen-bond donors (Lipinski definition) is 1. The Balaban J connectivity index is 4.54. The lowest BCUT2D eigenvalue weighted by Crippen LogP contribution is -2.38. The van der Waals surface area contributed by atoms with Crippen molar-refractivity contribution >= 4 is 35.9 Å². The Kier molecular flexibility index (Phi) is 10.0. The molecule has 0 unspecified atom stereocenters. The van der Waals surface area contributed by atoms with E-state index in [1.165, 1.54) is 23.9 Å². The summed E-state index contributed by atoms with van der Waals surface area (Å²) < 4.78 is 6.92. The van der Waals surface area contributed by atoms with E-state index in [4.69, 9.17) is 4.74 Å². The smallest absolute Gasteiger partial charge is 0.345 e. The van der Waals surface area contributed by atoms with Gasteiger partial charge in [0.25, 0.3) is 6.02 Å². The van der Waals surface area contributed by atoms with Crippen LogP contribution in [0.15, 0.2) is 4.99 Å². The lowest BCUT2D eigenvalue weighted by Gasteiger charge is -2.19. The van der Waals surface area contributed by atoms with E-state index in [1.54, 1.807) is 3.71 Å². The first-order valence-corrected chi connectivity index (χ1v) is 8.01. The highest BCUT2D eigenvalue weighted by Crippen LogP contribution is 2.21. The molecule has 0 rings (SSSR count). The Morgan fingerprint density at radius 2 is 1.83 bits per heavy atom. The Morgan fingerprint density at radius 3 is 2.22 bits per heavy atom. The molecule has 18 heavy (non-hydrogen) atoms. The molecule has 0 aromatic heterocycles. The third-order valence-electron chi connectivity index (χ3n) is 1.53. The monoisotopic (exact) mass is 293 g/mol. The topological polar surface area (TPSA) is 53.9 Å². The first-order chi connectivity index (χ1) is 8.54. The zero-order valence-corrected chi connectivity index (χ0v) is 13.4. The van der Waals surface area contributed by atoms with Crippen LogP contribution in [0.5, 0.6) is 0 Å². The summed E-state index contributed by atoms with van der Waals surface area (Å²) in [5.74, 6) is 1.68. The van der Waals surface area contributed by atoms with Gasteiger partial charge in [-0.15, -0.1) is 0 Å². The normalized spacial score (nSPS) is 11.6. The maximum absolute atomic E-state index is 12.0. The SMILES string of the molecule is CCOC(=NC(C)C)NC(=O)N(SCC)SCC. The lowest BCUT2D eigenvalue weighted by molar-refractivity contribution is 0.237. The minimum absolute atomic E-state index is 0.0814. The fraction of sp³-hybridized carbons (Fsp3) is 0.818. The van der Waals surface area contributed by atoms with Crippen LogP contribution in [-0.4, -0.2) is 39.9 Å². The van der Waals surface area contributed by atoms with Gasteiger partial charge in [-0.2, -0.15) is 0 Å². The second-order valence-corrected chi connectivity index (χ2v) is 6.12. The summed E-state index contributed by atoms with van der Waals surface area (Å²) in [5, 5.41) is 2.69. The molecular weight excluding hydrogens is 270 g/mol. The van der Waals surface area contributed by atoms with Crippen LogP contribution in [0.3, 0.4) is 0 Å². The third kappa shape index (κ3) is 7.71. The van der Waals surface area contributed by atoms with Crippen LogP contribution >= 0.6 is 23.9 Å². The van der Waals surface area contributed by atoms with Gasteiger partial charge in [-0.3, -0.25) is 5.32 Å². The number of nitrogens with one attached hydrogen (secondary N) is 1. The van der Waals surface area contributed by atoms with Crippen molar-refractivity contribution in [2.45, 2.75) is 40.7 Å². The molecule has 5 nitrogen and oxygen atoms in total. The van der Waals surface area contributed by atoms with Crippen molar-refractivity contribution in [3.8, 4) is 0 Å². The minimum atomic E-state index is -0.207. The van der Waals surface area contributed by atoms with Gasteiger partial charge >= 0.3 is 6.03 Å². The molecule has 0 radical (unpaired) electrons. The summed E-state index contributed by atoms with van der Waals surface area (Å²) in [6.45, 7) is 10.2. The molecule has 0 aliphatic rings. The molecule has 0 atom stereocenters. The van der Waals surface area contributed by atoms with Crippen molar-refractivity contribution in [1.29, 1.82) is 0 Å². The maximum Gasteiger partial charge on any atom is 0.345 e. The number of nitrogens with zero attached hydrogens (tertiary/aromatic N) is 2. The number of ether oxygens (including phenoxy) is 1. The van der Waals surface area contributed by atoms with E-state index in [0.717, 1.165) is 11.5 Å². The molecule has 0 aromatic rings. The molecule has 1 N–H and O–H groups in total. The van der Waals surface area contributed by atoms with Gasteiger partial charge in [0.2, 0.25) is 0 Å². The third-order valence-corrected chi connectivity index (χ3v) is 3.48. The predicted octanol–water partition coefficient (Wildman–Crippen LogP) is 3.14. The van der Waals surface area contributed by atoms with Crippen LogP contribution in [0, 0.1) is 0 Å². The minimum Gasteiger partial charge on any atom is -0.465 e. The van der Waals surface area contributed by atoms with Gasteiger partial charge in [-0.05, 0) is 44.7 Å². The van der Waals surface area contributed by atoms with Crippen LogP contribution < -0.4 is 5.32 Å². The summed E-state index contributed by atoms with van der Waals surface area (Å²) in [5.41, 5.74) is 0. The van der Waals surface area contributed by atoms with Crippen LogP contribution in [0.1, 0.15) is 34.6 Å². The van der Waals surface area contributed by atoms with Gasteiger partial charge in [0.1, 0.15) is 0 Å². The van der Waals surface area contributed by atoms with Gasteiger partial charge in [0.05, 0.1) is 6.61 Å². The Bertz CT molecular complexity index is 267. The molecule has 2 amide bonds. The van der Waals surface area contributed by atoms with Gasteiger partial charge in [-0.25, -0.2) is 13.5 Å². The summed E-state index contributed by atoms with van der Waals surface area (Å²) in [6.07, 6.45) is 0. The molecule has 0 aliphatic heterocycles. The number of carbonyl (C=O) groups excluding carboxylic acids is 1. The van der Waals surface area contributed by atoms with Crippen LogP contribution in [-0.2, 0) is 4.74 Å². The van der Waals surface area contributed by atoms with Crippen molar-refractivity contribution in [1.82, 2.24) is 9.03 Å². The molecule has 0 aliphatic carbocycles. The number of aliphatic imine (C=N–C) groups is 1. The highest BCUT2D eigenvalue weighted by Gasteiger charge is 2.16. The Labute approximate surface area is 118 Å². The van der Waals surface area contributed by atoms with Gasteiger partial charge in [-0.1, -0.05) is 13.8 Å². The van der Waals surface area contributed by atoms with E-state index in [1.807, 2.05) is 34.6 Å². The number of amides is 2. The first-order valence-electron chi connectivity index (χ1n) is 6.12. The van der Waals surface area contributed by atoms with Gasteiger partial charge in [0.15, 0.2) is 0 Å². The number of hydrogen-bond acceptors (Lipinski definition) is 5. The van der Waals surface area contributed by atoms with Gasteiger partial charge < -0.3 is 4.74 Å².